The molecule has 1 N–H and O–H groups in total. The first-order valence-electron chi connectivity index (χ1n) is 6.62. The zero-order valence-electron chi connectivity index (χ0n) is 12.7. The van der Waals surface area contributed by atoms with Crippen molar-refractivity contribution in [1.82, 2.24) is 0 Å². The predicted octanol–water partition coefficient (Wildman–Crippen LogP) is 2.64. The van der Waals surface area contributed by atoms with Crippen LogP contribution in [-0.2, 0) is 19.3 Å². The summed E-state index contributed by atoms with van der Waals surface area (Å²) in [5.41, 5.74) is 0. The van der Waals surface area contributed by atoms with Gasteiger partial charge in [-0.3, -0.25) is 4.79 Å². The summed E-state index contributed by atoms with van der Waals surface area (Å²) in [6.07, 6.45) is 0. The zero-order chi connectivity index (χ0) is 16.3. The molecular weight excluding hydrogens is 384 g/mol. The van der Waals surface area contributed by atoms with Crippen molar-refractivity contribution in [1.29, 1.82) is 0 Å². The Morgan fingerprint density at radius 2 is 1.59 bits per heavy atom. The molecule has 0 amide bonds. The van der Waals surface area contributed by atoms with E-state index in [0.29, 0.717) is 24.7 Å². The minimum Gasteiger partial charge on any atom is -0.464 e. The van der Waals surface area contributed by atoms with Crippen LogP contribution in [-0.4, -0.2) is 76.3 Å². The SMILES string of the molecule is COOCCSCSCSCSCC(=O)OCCSCCO. The first-order chi connectivity index (χ1) is 10.8. The molecule has 0 bridgehead atoms. The van der Waals surface area contributed by atoms with E-state index in [2.05, 4.69) is 4.89 Å². The lowest BCUT2D eigenvalue weighted by Crippen LogP contribution is -2.10. The second kappa shape index (κ2) is 20.1. The molecule has 10 heteroatoms. The lowest BCUT2D eigenvalue weighted by atomic mass is 10.8. The van der Waals surface area contributed by atoms with Crippen LogP contribution >= 0.6 is 58.8 Å². The molecule has 0 heterocycles. The normalized spacial score (nSPS) is 10.8. The van der Waals surface area contributed by atoms with Crippen molar-refractivity contribution < 1.29 is 24.4 Å². The average Bonchev–Trinajstić information content (AvgIpc) is 2.52. The fourth-order valence-corrected chi connectivity index (χ4v) is 5.99. The van der Waals surface area contributed by atoms with Gasteiger partial charge >= 0.3 is 5.97 Å². The lowest BCUT2D eigenvalue weighted by Gasteiger charge is -2.04. The second-order valence-electron chi connectivity index (χ2n) is 3.56. The number of hydrogen-bond donors (Lipinski definition) is 1. The summed E-state index contributed by atoms with van der Waals surface area (Å²) in [5.74, 6) is 2.62. The van der Waals surface area contributed by atoms with E-state index < -0.39 is 0 Å². The third kappa shape index (κ3) is 19.1. The largest absolute Gasteiger partial charge is 0.464 e. The molecule has 0 rings (SSSR count). The van der Waals surface area contributed by atoms with Crippen LogP contribution in [0.3, 0.4) is 0 Å². The van der Waals surface area contributed by atoms with Gasteiger partial charge in [0.05, 0.1) is 26.1 Å². The number of esters is 1. The molecule has 0 radical (unpaired) electrons. The first kappa shape index (κ1) is 23.1. The van der Waals surface area contributed by atoms with E-state index >= 15 is 0 Å². The maximum absolute atomic E-state index is 11.4. The average molecular weight is 409 g/mol. The summed E-state index contributed by atoms with van der Waals surface area (Å²) >= 11 is 8.68. The van der Waals surface area contributed by atoms with Crippen LogP contribution in [0.1, 0.15) is 0 Å². The minimum absolute atomic E-state index is 0.156. The molecule has 0 spiro atoms. The summed E-state index contributed by atoms with van der Waals surface area (Å²) in [4.78, 5) is 20.7. The highest BCUT2D eigenvalue weighted by Crippen LogP contribution is 2.20. The number of ether oxygens (including phenoxy) is 1. The molecule has 0 saturated carbocycles. The molecule has 22 heavy (non-hydrogen) atoms. The minimum atomic E-state index is -0.156. The van der Waals surface area contributed by atoms with E-state index in [4.69, 9.17) is 14.7 Å². The van der Waals surface area contributed by atoms with Gasteiger partial charge < -0.3 is 9.84 Å². The Kier molecular flexibility index (Phi) is 21.2. The van der Waals surface area contributed by atoms with Crippen molar-refractivity contribution in [2.45, 2.75) is 0 Å². The molecule has 0 aromatic rings. The molecule has 0 unspecified atom stereocenters. The van der Waals surface area contributed by atoms with Gasteiger partial charge in [-0.15, -0.1) is 47.0 Å². The Morgan fingerprint density at radius 3 is 2.32 bits per heavy atom. The van der Waals surface area contributed by atoms with Gasteiger partial charge in [0, 0.05) is 32.5 Å². The Morgan fingerprint density at radius 1 is 0.909 bits per heavy atom. The number of rotatable bonds is 17. The fourth-order valence-electron chi connectivity index (χ4n) is 1.03. The third-order valence-electron chi connectivity index (χ3n) is 1.88. The van der Waals surface area contributed by atoms with E-state index in [1.54, 1.807) is 23.5 Å². The molecular formula is C12H24O5S5. The molecule has 0 aromatic carbocycles. The van der Waals surface area contributed by atoms with Gasteiger partial charge in [0.2, 0.25) is 0 Å². The van der Waals surface area contributed by atoms with Crippen molar-refractivity contribution in [2.24, 2.45) is 0 Å². The summed E-state index contributed by atoms with van der Waals surface area (Å²) in [6.45, 7) is 1.21. The van der Waals surface area contributed by atoms with Gasteiger partial charge in [-0.2, -0.15) is 11.8 Å². The van der Waals surface area contributed by atoms with Crippen LogP contribution in [0.25, 0.3) is 0 Å². The summed E-state index contributed by atoms with van der Waals surface area (Å²) in [7, 11) is 1.51. The maximum atomic E-state index is 11.4. The summed E-state index contributed by atoms with van der Waals surface area (Å²) in [5, 5.41) is 11.6. The number of thioether (sulfide) groups is 5. The van der Waals surface area contributed by atoms with Gasteiger partial charge in [-0.1, -0.05) is 0 Å². The van der Waals surface area contributed by atoms with Crippen molar-refractivity contribution in [3.05, 3.63) is 0 Å². The highest BCUT2D eigenvalue weighted by atomic mass is 32.2. The zero-order valence-corrected chi connectivity index (χ0v) is 16.8. The van der Waals surface area contributed by atoms with Crippen LogP contribution in [0.15, 0.2) is 0 Å². The lowest BCUT2D eigenvalue weighted by molar-refractivity contribution is -0.267. The van der Waals surface area contributed by atoms with Crippen molar-refractivity contribution in [2.75, 3.05) is 65.2 Å². The molecule has 0 aliphatic heterocycles. The maximum Gasteiger partial charge on any atom is 0.315 e. The Balaban J connectivity index is 3.10. The molecule has 5 nitrogen and oxygen atoms in total. The Bertz CT molecular complexity index is 248. The topological polar surface area (TPSA) is 65.0 Å². The molecule has 0 aliphatic carbocycles. The van der Waals surface area contributed by atoms with E-state index in [0.717, 1.165) is 26.8 Å². The van der Waals surface area contributed by atoms with E-state index in [1.807, 2.05) is 35.3 Å². The van der Waals surface area contributed by atoms with E-state index in [1.165, 1.54) is 7.11 Å². The predicted molar refractivity (Wildman–Crippen MR) is 103 cm³/mol. The summed E-state index contributed by atoms with van der Waals surface area (Å²) < 4.78 is 5.08. The van der Waals surface area contributed by atoms with Gasteiger partial charge in [0.25, 0.3) is 0 Å². The number of aliphatic hydroxyl groups is 1. The molecule has 0 fully saturated rings. The fraction of sp³-hybridized carbons (Fsp3) is 0.917. The van der Waals surface area contributed by atoms with Crippen LogP contribution < -0.4 is 0 Å². The van der Waals surface area contributed by atoms with Crippen LogP contribution in [0, 0.1) is 0 Å². The third-order valence-corrected chi connectivity index (χ3v) is 7.70. The highest BCUT2D eigenvalue weighted by Gasteiger charge is 2.02. The quantitative estimate of drug-likeness (QED) is 0.128. The van der Waals surface area contributed by atoms with Gasteiger partial charge in [-0.05, 0) is 0 Å². The first-order valence-corrected chi connectivity index (χ1v) is 12.4. The van der Waals surface area contributed by atoms with Gasteiger partial charge in [0.15, 0.2) is 0 Å². The standard InChI is InChI=1S/C12H24O5S5/c1-15-17-4-7-19-9-21-11-22-10-20-8-12(14)16-3-6-18-5-2-13/h13H,2-11H2,1H3. The molecule has 0 saturated heterocycles. The number of aliphatic hydroxyl groups excluding tert-OH is 1. The monoisotopic (exact) mass is 408 g/mol. The van der Waals surface area contributed by atoms with Crippen molar-refractivity contribution in [3.8, 4) is 0 Å². The molecule has 132 valence electrons. The van der Waals surface area contributed by atoms with Gasteiger partial charge in [-0.25, -0.2) is 9.78 Å². The molecule has 0 aromatic heterocycles. The van der Waals surface area contributed by atoms with Crippen molar-refractivity contribution in [3.63, 3.8) is 0 Å². The number of hydrogen-bond acceptors (Lipinski definition) is 10. The van der Waals surface area contributed by atoms with E-state index in [-0.39, 0.29) is 12.6 Å². The van der Waals surface area contributed by atoms with Gasteiger partial charge in [0.1, 0.15) is 6.61 Å². The Hall–Kier alpha value is 1.10. The molecule has 0 atom stereocenters. The highest BCUT2D eigenvalue weighted by molar-refractivity contribution is 8.26. The Labute approximate surface area is 154 Å². The number of carbonyl (C=O) groups is 1. The molecule has 0 aliphatic rings. The smallest absolute Gasteiger partial charge is 0.315 e. The van der Waals surface area contributed by atoms with Crippen LogP contribution in [0.2, 0.25) is 0 Å². The van der Waals surface area contributed by atoms with Crippen molar-refractivity contribution >= 4 is 64.8 Å². The van der Waals surface area contributed by atoms with Crippen LogP contribution in [0.5, 0.6) is 0 Å². The van der Waals surface area contributed by atoms with E-state index in [9.17, 15) is 4.79 Å². The second-order valence-corrected chi connectivity index (χ2v) is 9.95. The summed E-state index contributed by atoms with van der Waals surface area (Å²) in [6, 6.07) is 0. The van der Waals surface area contributed by atoms with Crippen LogP contribution in [0.4, 0.5) is 0 Å². The number of carbonyl (C=O) groups excluding carboxylic acids is 1.